The average molecular weight is 631 g/mol. The topological polar surface area (TPSA) is 129 Å². The van der Waals surface area contributed by atoms with Crippen LogP contribution in [-0.2, 0) is 21.4 Å². The first-order valence-electron chi connectivity index (χ1n) is 13.9. The van der Waals surface area contributed by atoms with Gasteiger partial charge in [0.25, 0.3) is 10.0 Å². The van der Waals surface area contributed by atoms with Crippen LogP contribution in [0.2, 0.25) is 0 Å². The van der Waals surface area contributed by atoms with Crippen LogP contribution in [0, 0.1) is 17.5 Å². The lowest BCUT2D eigenvalue weighted by Gasteiger charge is -2.20. The van der Waals surface area contributed by atoms with Gasteiger partial charge in [-0.3, -0.25) is 9.52 Å². The second-order valence-corrected chi connectivity index (χ2v) is 12.4. The van der Waals surface area contributed by atoms with Crippen molar-refractivity contribution < 1.29 is 41.7 Å². The monoisotopic (exact) mass is 630 g/mol. The molecule has 4 aromatic rings. The number of nitrogens with one attached hydrogen (secondary N) is 1. The lowest BCUT2D eigenvalue weighted by molar-refractivity contribution is -0.139. The Hall–Kier alpha value is -4.13. The zero-order chi connectivity index (χ0) is 32.2. The number of carbonyl (C=O) groups is 1. The van der Waals surface area contributed by atoms with Gasteiger partial charge in [0.2, 0.25) is 0 Å². The van der Waals surface area contributed by atoms with Gasteiger partial charge in [0.05, 0.1) is 30.0 Å². The third-order valence-electron chi connectivity index (χ3n) is 7.08. The van der Waals surface area contributed by atoms with Gasteiger partial charge in [-0.05, 0) is 78.4 Å². The quantitative estimate of drug-likeness (QED) is 0.141. The summed E-state index contributed by atoms with van der Waals surface area (Å²) in [5.41, 5.74) is 1.21. The standard InChI is InChI=1S/C32H33F3N2O6S/c1-19(2)30-32(44(42,43)36-27-6-4-3-5-26(27)35)29(20-7-11-22(33)12-8-20)31(21-9-13-23(34)14-10-21)37(30)16-15-24(38)17-25(39)18-28(40)41/h3-14,19,24-25,36,38-39H,15-18H2,1-2H3,(H,40,41)/t24-,25-/m1/s1. The van der Waals surface area contributed by atoms with E-state index in [-0.39, 0.29) is 41.2 Å². The smallest absolute Gasteiger partial charge is 0.305 e. The molecule has 1 aromatic heterocycles. The fraction of sp³-hybridized carbons (Fsp3) is 0.281. The molecule has 1 heterocycles. The van der Waals surface area contributed by atoms with Crippen LogP contribution < -0.4 is 4.72 Å². The number of halogens is 3. The molecular weight excluding hydrogens is 597 g/mol. The Morgan fingerprint density at radius 1 is 0.864 bits per heavy atom. The number of carboxylic acid groups (broad SMARTS) is 1. The second kappa shape index (κ2) is 13.7. The van der Waals surface area contributed by atoms with Crippen molar-refractivity contribution in [3.05, 3.63) is 95.9 Å². The Morgan fingerprint density at radius 3 is 1.98 bits per heavy atom. The first-order chi connectivity index (χ1) is 20.8. The second-order valence-electron chi connectivity index (χ2n) is 10.8. The first kappa shape index (κ1) is 32.8. The number of anilines is 1. The van der Waals surface area contributed by atoms with E-state index in [0.717, 1.165) is 6.07 Å². The lowest BCUT2D eigenvalue weighted by Crippen LogP contribution is -2.22. The molecule has 0 fully saturated rings. The maximum absolute atomic E-state index is 14.6. The molecule has 0 aliphatic carbocycles. The third kappa shape index (κ3) is 7.50. The molecule has 12 heteroatoms. The van der Waals surface area contributed by atoms with Crippen molar-refractivity contribution in [2.24, 2.45) is 0 Å². The van der Waals surface area contributed by atoms with E-state index in [9.17, 15) is 36.6 Å². The minimum atomic E-state index is -4.54. The van der Waals surface area contributed by atoms with Gasteiger partial charge >= 0.3 is 5.97 Å². The van der Waals surface area contributed by atoms with Crippen LogP contribution in [0.3, 0.4) is 0 Å². The van der Waals surface area contributed by atoms with E-state index in [1.54, 1.807) is 18.4 Å². The molecule has 4 N–H and O–H groups in total. The van der Waals surface area contributed by atoms with Crippen molar-refractivity contribution in [1.82, 2.24) is 4.57 Å². The van der Waals surface area contributed by atoms with E-state index in [2.05, 4.69) is 4.72 Å². The lowest BCUT2D eigenvalue weighted by atomic mass is 10.00. The highest BCUT2D eigenvalue weighted by Gasteiger charge is 2.34. The number of aliphatic hydroxyl groups excluding tert-OH is 2. The zero-order valence-electron chi connectivity index (χ0n) is 24.0. The maximum atomic E-state index is 14.6. The molecule has 0 aliphatic heterocycles. The molecule has 3 aromatic carbocycles. The van der Waals surface area contributed by atoms with E-state index in [0.29, 0.717) is 16.8 Å². The molecule has 0 bridgehead atoms. The van der Waals surface area contributed by atoms with Gasteiger partial charge in [0.1, 0.15) is 22.3 Å². The summed E-state index contributed by atoms with van der Waals surface area (Å²) in [5.74, 6) is -3.58. The highest BCUT2D eigenvalue weighted by molar-refractivity contribution is 7.93. The van der Waals surface area contributed by atoms with Crippen LogP contribution in [0.4, 0.5) is 18.9 Å². The molecule has 4 rings (SSSR count). The Labute approximate surface area is 253 Å². The van der Waals surface area contributed by atoms with E-state index >= 15 is 0 Å². The van der Waals surface area contributed by atoms with Gasteiger partial charge in [-0.15, -0.1) is 0 Å². The van der Waals surface area contributed by atoms with Gasteiger partial charge in [-0.2, -0.15) is 0 Å². The SMILES string of the molecule is CC(C)c1c(S(=O)(=O)Nc2ccccc2F)c(-c2ccc(F)cc2)c(-c2ccc(F)cc2)n1CC[C@@H](O)C[C@@H](O)CC(=O)O. The molecule has 44 heavy (non-hydrogen) atoms. The largest absolute Gasteiger partial charge is 0.481 e. The van der Waals surface area contributed by atoms with Gasteiger partial charge in [0, 0.05) is 17.8 Å². The van der Waals surface area contributed by atoms with E-state index < -0.39 is 58.0 Å². The summed E-state index contributed by atoms with van der Waals surface area (Å²) in [4.78, 5) is 10.8. The van der Waals surface area contributed by atoms with Crippen LogP contribution in [0.15, 0.2) is 77.7 Å². The molecule has 0 aliphatic rings. The minimum Gasteiger partial charge on any atom is -0.481 e. The van der Waals surface area contributed by atoms with Gasteiger partial charge in [0.15, 0.2) is 0 Å². The van der Waals surface area contributed by atoms with Crippen LogP contribution in [0.5, 0.6) is 0 Å². The molecule has 0 saturated heterocycles. The molecule has 0 unspecified atom stereocenters. The fourth-order valence-electron chi connectivity index (χ4n) is 5.22. The summed E-state index contributed by atoms with van der Waals surface area (Å²) in [6, 6.07) is 15.8. The predicted octanol–water partition coefficient (Wildman–Crippen LogP) is 6.14. The molecule has 8 nitrogen and oxygen atoms in total. The van der Waals surface area contributed by atoms with Crippen molar-refractivity contribution in [2.45, 2.75) is 62.7 Å². The number of benzene rings is 3. The summed E-state index contributed by atoms with van der Waals surface area (Å²) >= 11 is 0. The number of sulfonamides is 1. The number of aliphatic hydroxyl groups is 2. The Morgan fingerprint density at radius 2 is 1.43 bits per heavy atom. The highest BCUT2D eigenvalue weighted by atomic mass is 32.2. The zero-order valence-corrected chi connectivity index (χ0v) is 24.9. The van der Waals surface area contributed by atoms with E-state index in [4.69, 9.17) is 5.11 Å². The molecule has 0 amide bonds. The number of rotatable bonds is 13. The minimum absolute atomic E-state index is 0.00456. The van der Waals surface area contributed by atoms with Gasteiger partial charge in [-0.25, -0.2) is 21.6 Å². The van der Waals surface area contributed by atoms with Gasteiger partial charge < -0.3 is 19.9 Å². The van der Waals surface area contributed by atoms with Gasteiger partial charge in [-0.1, -0.05) is 38.1 Å². The first-order valence-corrected chi connectivity index (χ1v) is 15.4. The summed E-state index contributed by atoms with van der Waals surface area (Å²) in [7, 11) is -4.54. The summed E-state index contributed by atoms with van der Waals surface area (Å²) in [6.45, 7) is 3.51. The maximum Gasteiger partial charge on any atom is 0.305 e. The van der Waals surface area contributed by atoms with E-state index in [1.165, 1.54) is 66.7 Å². The molecule has 0 spiro atoms. The normalized spacial score (nSPS) is 13.2. The van der Waals surface area contributed by atoms with Crippen LogP contribution >= 0.6 is 0 Å². The predicted molar refractivity (Wildman–Crippen MR) is 160 cm³/mol. The van der Waals surface area contributed by atoms with E-state index in [1.807, 2.05) is 0 Å². The van der Waals surface area contributed by atoms with Crippen molar-refractivity contribution in [2.75, 3.05) is 4.72 Å². The number of para-hydroxylation sites is 1. The van der Waals surface area contributed by atoms with Crippen LogP contribution in [-0.4, -0.2) is 46.5 Å². The molecule has 0 radical (unpaired) electrons. The highest BCUT2D eigenvalue weighted by Crippen LogP contribution is 2.45. The van der Waals surface area contributed by atoms with Crippen LogP contribution in [0.1, 0.15) is 44.7 Å². The van der Waals surface area contributed by atoms with Crippen molar-refractivity contribution >= 4 is 21.7 Å². The fourth-order valence-corrected chi connectivity index (χ4v) is 6.88. The molecule has 0 saturated carbocycles. The molecule has 2 atom stereocenters. The number of aromatic nitrogens is 1. The number of carboxylic acids is 1. The summed E-state index contributed by atoms with van der Waals surface area (Å²) in [6.07, 6.45) is -3.26. The number of hydrogen-bond donors (Lipinski definition) is 4. The number of hydrogen-bond acceptors (Lipinski definition) is 5. The molecular formula is C32H33F3N2O6S. The third-order valence-corrected chi connectivity index (χ3v) is 8.52. The summed E-state index contributed by atoms with van der Waals surface area (Å²) < 4.78 is 75.2. The Balaban J connectivity index is 1.98. The van der Waals surface area contributed by atoms with Crippen LogP contribution in [0.25, 0.3) is 22.4 Å². The number of aliphatic carboxylic acids is 1. The van der Waals surface area contributed by atoms with Crippen molar-refractivity contribution in [3.8, 4) is 22.4 Å². The average Bonchev–Trinajstić information content (AvgIpc) is 3.30. The van der Waals surface area contributed by atoms with Crippen molar-refractivity contribution in [3.63, 3.8) is 0 Å². The van der Waals surface area contributed by atoms with Crippen molar-refractivity contribution in [1.29, 1.82) is 0 Å². The number of nitrogens with zero attached hydrogens (tertiary/aromatic N) is 1. The Kier molecular flexibility index (Phi) is 10.2. The molecule has 234 valence electrons. The summed E-state index contributed by atoms with van der Waals surface area (Å²) in [5, 5.41) is 29.7. The Bertz CT molecular complexity index is 1720.